The van der Waals surface area contributed by atoms with Crippen LogP contribution in [0.25, 0.3) is 0 Å². The average molecular weight is 432 g/mol. The summed E-state index contributed by atoms with van der Waals surface area (Å²) in [5.74, 6) is 0.367. The van der Waals surface area contributed by atoms with E-state index in [0.717, 1.165) is 0 Å². The normalized spacial score (nSPS) is 18.8. The fourth-order valence-corrected chi connectivity index (χ4v) is 2.89. The largest absolute Gasteiger partial charge is 0.356 e. The molecule has 0 radical (unpaired) electrons. The van der Waals surface area contributed by atoms with Gasteiger partial charge in [-0.1, -0.05) is 0 Å². The van der Waals surface area contributed by atoms with Crippen LogP contribution in [0.2, 0.25) is 0 Å². The van der Waals surface area contributed by atoms with Gasteiger partial charge in [0.25, 0.3) is 6.43 Å². The van der Waals surface area contributed by atoms with Crippen LogP contribution in [0.4, 0.5) is 8.78 Å². The highest BCUT2D eigenvalue weighted by molar-refractivity contribution is 14.0. The molecular formula is C14H27F2IN4O. The Bertz CT molecular complexity index is 402. The molecule has 0 aromatic carbocycles. The van der Waals surface area contributed by atoms with E-state index in [-0.39, 0.29) is 48.0 Å². The van der Waals surface area contributed by atoms with Gasteiger partial charge in [0, 0.05) is 19.1 Å². The van der Waals surface area contributed by atoms with Crippen molar-refractivity contribution in [1.82, 2.24) is 15.1 Å². The Hall–Kier alpha value is -0.670. The van der Waals surface area contributed by atoms with Crippen LogP contribution in [0.15, 0.2) is 4.99 Å². The minimum absolute atomic E-state index is 0. The summed E-state index contributed by atoms with van der Waals surface area (Å²) >= 11 is 0. The highest BCUT2D eigenvalue weighted by Gasteiger charge is 2.40. The second kappa shape index (κ2) is 8.83. The number of aliphatic imine (C=N–C) groups is 1. The van der Waals surface area contributed by atoms with Gasteiger partial charge in [0.15, 0.2) is 5.96 Å². The van der Waals surface area contributed by atoms with E-state index < -0.39 is 13.0 Å². The Morgan fingerprint density at radius 3 is 2.41 bits per heavy atom. The fraction of sp³-hybridized carbons (Fsp3) is 0.857. The first-order chi connectivity index (χ1) is 9.69. The molecule has 1 fully saturated rings. The van der Waals surface area contributed by atoms with Gasteiger partial charge in [0.05, 0.1) is 12.1 Å². The summed E-state index contributed by atoms with van der Waals surface area (Å²) in [6, 6.07) is 0.107. The second-order valence-corrected chi connectivity index (χ2v) is 6.11. The zero-order chi connectivity index (χ0) is 16.2. The molecule has 0 aliphatic carbocycles. The number of halogens is 3. The molecule has 1 amide bonds. The number of hydrogen-bond acceptors (Lipinski definition) is 2. The highest BCUT2D eigenvalue weighted by atomic mass is 127. The molecule has 1 rings (SSSR count). The number of piperazine rings is 1. The third-order valence-electron chi connectivity index (χ3n) is 3.35. The van der Waals surface area contributed by atoms with E-state index in [0.29, 0.717) is 19.0 Å². The van der Waals surface area contributed by atoms with E-state index in [1.807, 2.05) is 39.5 Å². The van der Waals surface area contributed by atoms with Crippen molar-refractivity contribution < 1.29 is 13.6 Å². The van der Waals surface area contributed by atoms with E-state index >= 15 is 0 Å². The van der Waals surface area contributed by atoms with Crippen LogP contribution in [0.5, 0.6) is 0 Å². The predicted octanol–water partition coefficient (Wildman–Crippen LogP) is 2.17. The van der Waals surface area contributed by atoms with Gasteiger partial charge < -0.3 is 15.1 Å². The summed E-state index contributed by atoms with van der Waals surface area (Å²) in [6.45, 7) is 10.5. The van der Waals surface area contributed by atoms with Gasteiger partial charge >= 0.3 is 0 Å². The summed E-state index contributed by atoms with van der Waals surface area (Å²) < 4.78 is 24.7. The number of guanidine groups is 1. The maximum atomic E-state index is 12.4. The molecule has 0 saturated carbocycles. The Balaban J connectivity index is 0.00000441. The third kappa shape index (κ3) is 5.51. The summed E-state index contributed by atoms with van der Waals surface area (Å²) in [5, 5.41) is 2.98. The number of alkyl halides is 2. The lowest BCUT2D eigenvalue weighted by Gasteiger charge is -2.49. The van der Waals surface area contributed by atoms with Crippen molar-refractivity contribution in [3.8, 4) is 0 Å². The highest BCUT2D eigenvalue weighted by Crippen LogP contribution is 2.24. The zero-order valence-corrected chi connectivity index (χ0v) is 16.2. The quantitative estimate of drug-likeness (QED) is 0.421. The first-order valence-corrected chi connectivity index (χ1v) is 7.32. The average Bonchev–Trinajstić information content (AvgIpc) is 2.31. The van der Waals surface area contributed by atoms with E-state index in [1.165, 1.54) is 0 Å². The minimum Gasteiger partial charge on any atom is -0.356 e. The third-order valence-corrected chi connectivity index (χ3v) is 3.35. The Morgan fingerprint density at radius 1 is 1.41 bits per heavy atom. The van der Waals surface area contributed by atoms with E-state index in [4.69, 9.17) is 0 Å². The molecule has 1 aliphatic rings. The van der Waals surface area contributed by atoms with Crippen LogP contribution in [-0.2, 0) is 4.79 Å². The van der Waals surface area contributed by atoms with Crippen LogP contribution in [-0.4, -0.2) is 65.9 Å². The van der Waals surface area contributed by atoms with Crippen LogP contribution < -0.4 is 5.32 Å². The second-order valence-electron chi connectivity index (χ2n) is 6.11. The van der Waals surface area contributed by atoms with Gasteiger partial charge in [-0.2, -0.15) is 0 Å². The van der Waals surface area contributed by atoms with Crippen molar-refractivity contribution in [3.05, 3.63) is 0 Å². The lowest BCUT2D eigenvalue weighted by Crippen LogP contribution is -2.66. The number of carbonyl (C=O) groups is 1. The number of hydrogen-bond donors (Lipinski definition) is 1. The maximum Gasteiger partial charge on any atom is 0.257 e. The number of nitrogens with one attached hydrogen (secondary N) is 1. The molecule has 0 unspecified atom stereocenters. The Kier molecular flexibility index (Phi) is 8.56. The molecule has 22 heavy (non-hydrogen) atoms. The summed E-state index contributed by atoms with van der Waals surface area (Å²) in [6.07, 6.45) is -2.49. The zero-order valence-electron chi connectivity index (χ0n) is 13.9. The van der Waals surface area contributed by atoms with Gasteiger partial charge in [-0.3, -0.25) is 4.79 Å². The van der Waals surface area contributed by atoms with Crippen molar-refractivity contribution in [2.45, 2.75) is 52.6 Å². The molecule has 5 nitrogen and oxygen atoms in total. The van der Waals surface area contributed by atoms with Gasteiger partial charge in [-0.05, 0) is 34.6 Å². The van der Waals surface area contributed by atoms with Gasteiger partial charge in [0.1, 0.15) is 6.54 Å². The molecule has 0 aromatic rings. The van der Waals surface area contributed by atoms with Gasteiger partial charge in [-0.25, -0.2) is 13.8 Å². The molecule has 1 saturated heterocycles. The molecule has 1 N–H and O–H groups in total. The molecule has 130 valence electrons. The van der Waals surface area contributed by atoms with E-state index in [1.54, 1.807) is 4.90 Å². The van der Waals surface area contributed by atoms with Gasteiger partial charge in [-0.15, -0.1) is 24.0 Å². The number of nitrogens with zero attached hydrogens (tertiary/aromatic N) is 3. The summed E-state index contributed by atoms with van der Waals surface area (Å²) in [5.41, 5.74) is -0.371. The molecule has 8 heteroatoms. The number of carbonyl (C=O) groups excluding carboxylic acids is 1. The smallest absolute Gasteiger partial charge is 0.257 e. The van der Waals surface area contributed by atoms with E-state index in [2.05, 4.69) is 10.3 Å². The Labute approximate surface area is 148 Å². The Morgan fingerprint density at radius 2 is 2.00 bits per heavy atom. The molecular weight excluding hydrogens is 405 g/mol. The molecule has 0 atom stereocenters. The van der Waals surface area contributed by atoms with Crippen LogP contribution >= 0.6 is 24.0 Å². The SMILES string of the molecule is CCNC(=NCC(F)F)N1CC(=O)N(C(C)C)C(C)(C)C1.I. The van der Waals surface area contributed by atoms with E-state index in [9.17, 15) is 13.6 Å². The van der Waals surface area contributed by atoms with Crippen molar-refractivity contribution in [3.63, 3.8) is 0 Å². The van der Waals surface area contributed by atoms with Crippen LogP contribution in [0.1, 0.15) is 34.6 Å². The molecule has 1 heterocycles. The van der Waals surface area contributed by atoms with Crippen molar-refractivity contribution in [2.24, 2.45) is 4.99 Å². The molecule has 1 aliphatic heterocycles. The van der Waals surface area contributed by atoms with Crippen molar-refractivity contribution in [1.29, 1.82) is 0 Å². The van der Waals surface area contributed by atoms with Crippen LogP contribution in [0.3, 0.4) is 0 Å². The number of rotatable bonds is 4. The maximum absolute atomic E-state index is 12.4. The lowest BCUT2D eigenvalue weighted by molar-refractivity contribution is -0.145. The van der Waals surface area contributed by atoms with Crippen molar-refractivity contribution in [2.75, 3.05) is 26.2 Å². The topological polar surface area (TPSA) is 47.9 Å². The predicted molar refractivity (Wildman–Crippen MR) is 95.0 cm³/mol. The summed E-state index contributed by atoms with van der Waals surface area (Å²) in [7, 11) is 0. The fourth-order valence-electron chi connectivity index (χ4n) is 2.89. The van der Waals surface area contributed by atoms with Crippen molar-refractivity contribution >= 4 is 35.8 Å². The number of amides is 1. The molecule has 0 aromatic heterocycles. The monoisotopic (exact) mass is 432 g/mol. The first kappa shape index (κ1) is 21.3. The lowest BCUT2D eigenvalue weighted by atomic mass is 9.96. The van der Waals surface area contributed by atoms with Crippen LogP contribution in [0, 0.1) is 0 Å². The first-order valence-electron chi connectivity index (χ1n) is 7.32. The minimum atomic E-state index is -2.49. The molecule has 0 bridgehead atoms. The molecule has 0 spiro atoms. The van der Waals surface area contributed by atoms with Gasteiger partial charge in [0.2, 0.25) is 5.91 Å². The summed E-state index contributed by atoms with van der Waals surface area (Å²) in [4.78, 5) is 19.9. The standard InChI is InChI=1S/C14H26F2N4O.HI/c1-6-17-13(18-7-11(15)16)19-8-12(21)20(10(2)3)14(4,5)9-19;/h10-11H,6-9H2,1-5H3,(H,17,18);1H.